The zero-order valence-corrected chi connectivity index (χ0v) is 19.4. The number of hydrogen-bond donors (Lipinski definition) is 1. The van der Waals surface area contributed by atoms with Gasteiger partial charge < -0.3 is 23.9 Å². The third-order valence-corrected chi connectivity index (χ3v) is 6.20. The Labute approximate surface area is 197 Å². The molecule has 1 fully saturated rings. The van der Waals surface area contributed by atoms with Crippen LogP contribution in [0.25, 0.3) is 10.9 Å². The van der Waals surface area contributed by atoms with Crippen LogP contribution in [-0.2, 0) is 32.0 Å². The van der Waals surface area contributed by atoms with Gasteiger partial charge in [-0.25, -0.2) is 4.79 Å². The topological polar surface area (TPSA) is 104 Å². The predicted molar refractivity (Wildman–Crippen MR) is 124 cm³/mol. The number of carboxylic acids is 1. The summed E-state index contributed by atoms with van der Waals surface area (Å²) in [4.78, 5) is 35.4. The molecule has 1 saturated heterocycles. The van der Waals surface area contributed by atoms with Gasteiger partial charge in [0.1, 0.15) is 17.8 Å². The number of aryl methyl sites for hydroxylation is 1. The molecular formula is C26H27NO7. The largest absolute Gasteiger partial charge is 0.496 e. The monoisotopic (exact) mass is 465 g/mol. The highest BCUT2D eigenvalue weighted by Crippen LogP contribution is 2.38. The third-order valence-electron chi connectivity index (χ3n) is 6.20. The number of ether oxygens (including phenoxy) is 3. The molecule has 1 aromatic heterocycles. The summed E-state index contributed by atoms with van der Waals surface area (Å²) >= 11 is 0. The van der Waals surface area contributed by atoms with E-state index in [1.165, 1.54) is 7.11 Å². The Bertz CT molecular complexity index is 1260. The molecule has 2 atom stereocenters. The molecule has 0 radical (unpaired) electrons. The summed E-state index contributed by atoms with van der Waals surface area (Å²) in [7, 11) is 2.89. The molecule has 3 aromatic rings. The van der Waals surface area contributed by atoms with E-state index in [0.29, 0.717) is 23.3 Å². The number of hydrogen-bond acceptors (Lipinski definition) is 6. The first-order valence-corrected chi connectivity index (χ1v) is 11.2. The summed E-state index contributed by atoms with van der Waals surface area (Å²) in [5.41, 5.74) is 4.00. The number of fused-ring (bicyclic) bond motifs is 1. The Morgan fingerprint density at radius 3 is 2.62 bits per heavy atom. The van der Waals surface area contributed by atoms with E-state index < -0.39 is 29.9 Å². The van der Waals surface area contributed by atoms with Crippen LogP contribution < -0.4 is 4.74 Å². The van der Waals surface area contributed by atoms with Gasteiger partial charge in [0.2, 0.25) is 0 Å². The first kappa shape index (κ1) is 23.4. The Hall–Kier alpha value is -3.81. The number of benzene rings is 2. The fourth-order valence-electron chi connectivity index (χ4n) is 4.55. The first-order valence-electron chi connectivity index (χ1n) is 11.2. The van der Waals surface area contributed by atoms with E-state index in [4.69, 9.17) is 14.2 Å². The summed E-state index contributed by atoms with van der Waals surface area (Å²) < 4.78 is 17.9. The number of carbonyl (C=O) groups is 3. The van der Waals surface area contributed by atoms with Crippen LogP contribution in [0.3, 0.4) is 0 Å². The maximum Gasteiger partial charge on any atom is 0.337 e. The lowest BCUT2D eigenvalue weighted by molar-refractivity contribution is -0.144. The highest BCUT2D eigenvalue weighted by Gasteiger charge is 2.41. The molecule has 34 heavy (non-hydrogen) atoms. The second-order valence-electron chi connectivity index (χ2n) is 8.38. The smallest absolute Gasteiger partial charge is 0.337 e. The molecular weight excluding hydrogens is 438 g/mol. The molecule has 1 aliphatic rings. The van der Waals surface area contributed by atoms with E-state index in [0.717, 1.165) is 35.0 Å². The van der Waals surface area contributed by atoms with Gasteiger partial charge in [0.25, 0.3) is 0 Å². The molecule has 4 rings (SSSR count). The molecule has 0 spiro atoms. The lowest BCUT2D eigenvalue weighted by Gasteiger charge is -2.15. The average Bonchev–Trinajstić information content (AvgIpc) is 3.39. The van der Waals surface area contributed by atoms with Gasteiger partial charge in [-0.05, 0) is 47.4 Å². The summed E-state index contributed by atoms with van der Waals surface area (Å²) in [6.45, 7) is 2.92. The highest BCUT2D eigenvalue weighted by molar-refractivity contribution is 5.90. The molecule has 2 heterocycles. The van der Waals surface area contributed by atoms with Crippen LogP contribution in [0.5, 0.6) is 5.75 Å². The lowest BCUT2D eigenvalue weighted by atomic mass is 9.93. The summed E-state index contributed by atoms with van der Waals surface area (Å²) in [6, 6.07) is 10.9. The van der Waals surface area contributed by atoms with Crippen molar-refractivity contribution >= 4 is 28.8 Å². The molecule has 2 aromatic carbocycles. The second kappa shape index (κ2) is 9.59. The van der Waals surface area contributed by atoms with E-state index in [-0.39, 0.29) is 6.42 Å². The van der Waals surface area contributed by atoms with Crippen LogP contribution in [0.4, 0.5) is 0 Å². The van der Waals surface area contributed by atoms with Gasteiger partial charge in [0, 0.05) is 30.1 Å². The molecule has 8 heteroatoms. The van der Waals surface area contributed by atoms with Crippen molar-refractivity contribution in [2.75, 3.05) is 14.2 Å². The minimum atomic E-state index is -1.05. The van der Waals surface area contributed by atoms with E-state index >= 15 is 0 Å². The van der Waals surface area contributed by atoms with Crippen LogP contribution >= 0.6 is 0 Å². The summed E-state index contributed by atoms with van der Waals surface area (Å²) in [5, 5.41) is 10.5. The Balaban J connectivity index is 1.77. The van der Waals surface area contributed by atoms with Crippen molar-refractivity contribution in [3.8, 4) is 5.75 Å². The van der Waals surface area contributed by atoms with E-state index in [1.54, 1.807) is 19.2 Å². The Morgan fingerprint density at radius 1 is 1.15 bits per heavy atom. The zero-order chi connectivity index (χ0) is 24.4. The fraction of sp³-hybridized carbons (Fsp3) is 0.346. The quantitative estimate of drug-likeness (QED) is 0.499. The standard InChI is InChI=1S/C26H27NO7/c1-4-9-27-14-18(10-15-5-6-17(26(31)33-3)12-22(15)32-2)19-11-16(7-8-21(19)27)24-20(25(29)30)13-23(28)34-24/h5-8,11-12,14,20,24H,4,9-10,13H2,1-3H3,(H,29,30). The molecule has 8 nitrogen and oxygen atoms in total. The molecule has 1 aliphatic heterocycles. The molecule has 0 amide bonds. The van der Waals surface area contributed by atoms with Crippen molar-refractivity contribution in [2.45, 2.75) is 38.8 Å². The molecule has 1 N–H and O–H groups in total. The minimum absolute atomic E-state index is 0.133. The van der Waals surface area contributed by atoms with Crippen LogP contribution in [0.2, 0.25) is 0 Å². The number of esters is 2. The van der Waals surface area contributed by atoms with Crippen LogP contribution in [0.1, 0.15) is 52.9 Å². The maximum atomic E-state index is 11.9. The third kappa shape index (κ3) is 4.35. The van der Waals surface area contributed by atoms with Gasteiger partial charge in [-0.2, -0.15) is 0 Å². The number of cyclic esters (lactones) is 1. The minimum Gasteiger partial charge on any atom is -0.496 e. The van der Waals surface area contributed by atoms with Crippen LogP contribution in [-0.4, -0.2) is 41.8 Å². The van der Waals surface area contributed by atoms with Crippen LogP contribution in [0, 0.1) is 5.92 Å². The number of aromatic nitrogens is 1. The summed E-state index contributed by atoms with van der Waals surface area (Å²) in [6.07, 6.45) is 2.62. The van der Waals surface area contributed by atoms with Crippen molar-refractivity contribution in [2.24, 2.45) is 5.92 Å². The van der Waals surface area contributed by atoms with E-state index in [1.807, 2.05) is 24.3 Å². The van der Waals surface area contributed by atoms with Crippen molar-refractivity contribution < 1.29 is 33.7 Å². The molecule has 0 saturated carbocycles. The van der Waals surface area contributed by atoms with Gasteiger partial charge in [-0.1, -0.05) is 19.1 Å². The molecule has 2 unspecified atom stereocenters. The second-order valence-corrected chi connectivity index (χ2v) is 8.38. The van der Waals surface area contributed by atoms with Gasteiger partial charge in [-0.3, -0.25) is 9.59 Å². The number of rotatable bonds is 8. The van der Waals surface area contributed by atoms with Gasteiger partial charge in [0.05, 0.1) is 26.2 Å². The SMILES string of the molecule is CCCn1cc(Cc2ccc(C(=O)OC)cc2OC)c2cc(C3OC(=O)CC3C(=O)O)ccc21. The normalized spacial score (nSPS) is 17.6. The fourth-order valence-corrected chi connectivity index (χ4v) is 4.55. The van der Waals surface area contributed by atoms with E-state index in [2.05, 4.69) is 17.7 Å². The molecule has 178 valence electrons. The lowest BCUT2D eigenvalue weighted by Crippen LogP contribution is -2.17. The van der Waals surface area contributed by atoms with E-state index in [9.17, 15) is 19.5 Å². The van der Waals surface area contributed by atoms with Gasteiger partial charge >= 0.3 is 17.9 Å². The van der Waals surface area contributed by atoms with Gasteiger partial charge in [0.15, 0.2) is 0 Å². The van der Waals surface area contributed by atoms with Gasteiger partial charge in [-0.15, -0.1) is 0 Å². The average molecular weight is 466 g/mol. The van der Waals surface area contributed by atoms with Crippen molar-refractivity contribution in [1.29, 1.82) is 0 Å². The number of aliphatic carboxylic acids is 1. The summed E-state index contributed by atoms with van der Waals surface area (Å²) in [5.74, 6) is -2.32. The maximum absolute atomic E-state index is 11.9. The zero-order valence-electron chi connectivity index (χ0n) is 19.4. The van der Waals surface area contributed by atoms with Crippen molar-refractivity contribution in [3.63, 3.8) is 0 Å². The molecule has 0 bridgehead atoms. The number of carbonyl (C=O) groups excluding carboxylic acids is 2. The van der Waals surface area contributed by atoms with Crippen molar-refractivity contribution in [1.82, 2.24) is 4.57 Å². The number of nitrogens with zero attached hydrogens (tertiary/aromatic N) is 1. The predicted octanol–water partition coefficient (Wildman–Crippen LogP) is 4.13. The Kier molecular flexibility index (Phi) is 6.58. The Morgan fingerprint density at radius 2 is 1.94 bits per heavy atom. The van der Waals surface area contributed by atoms with Crippen molar-refractivity contribution in [3.05, 3.63) is 64.8 Å². The molecule has 0 aliphatic carbocycles. The van der Waals surface area contributed by atoms with Crippen LogP contribution in [0.15, 0.2) is 42.6 Å². The highest BCUT2D eigenvalue weighted by atomic mass is 16.6. The first-order chi connectivity index (χ1) is 16.4. The number of methoxy groups -OCH3 is 2. The number of carboxylic acid groups (broad SMARTS) is 1.